The largest absolute Gasteiger partial charge is 0.456 e. The van der Waals surface area contributed by atoms with Crippen molar-refractivity contribution in [1.82, 2.24) is 4.90 Å². The van der Waals surface area contributed by atoms with Gasteiger partial charge in [0.1, 0.15) is 6.54 Å². The van der Waals surface area contributed by atoms with Crippen LogP contribution in [0.25, 0.3) is 0 Å². The molecule has 8 heteroatoms. The molecule has 1 aliphatic carbocycles. The Morgan fingerprint density at radius 3 is 2.33 bits per heavy atom. The molecule has 128 valence electrons. The van der Waals surface area contributed by atoms with Crippen molar-refractivity contribution in [3.63, 3.8) is 0 Å². The van der Waals surface area contributed by atoms with E-state index in [1.165, 1.54) is 11.3 Å². The number of hydrogen-bond acceptors (Lipinski definition) is 6. The topological polar surface area (TPSA) is 80.8 Å². The summed E-state index contributed by atoms with van der Waals surface area (Å²) in [6.07, 6.45) is 3.27. The number of rotatable bonds is 5. The van der Waals surface area contributed by atoms with Crippen LogP contribution < -0.4 is 0 Å². The maximum Gasteiger partial charge on any atom is 0.326 e. The van der Waals surface area contributed by atoms with Gasteiger partial charge in [0.2, 0.25) is 17.6 Å². The SMILES string of the molecule is O=C(CN1C(=O)C2CCCCC2C1=O)OCC(=O)c1ccc(Br)s1. The average Bonchev–Trinajstić information content (AvgIpc) is 3.11. The summed E-state index contributed by atoms with van der Waals surface area (Å²) in [6, 6.07) is 3.38. The fourth-order valence-electron chi connectivity index (χ4n) is 3.24. The zero-order valence-corrected chi connectivity index (χ0v) is 15.2. The van der Waals surface area contributed by atoms with Gasteiger partial charge >= 0.3 is 5.97 Å². The molecule has 1 aromatic heterocycles. The van der Waals surface area contributed by atoms with E-state index in [2.05, 4.69) is 15.9 Å². The summed E-state index contributed by atoms with van der Waals surface area (Å²) in [4.78, 5) is 49.8. The number of carbonyl (C=O) groups is 4. The van der Waals surface area contributed by atoms with Gasteiger partial charge in [-0.1, -0.05) is 12.8 Å². The highest BCUT2D eigenvalue weighted by atomic mass is 79.9. The van der Waals surface area contributed by atoms with Crippen molar-refractivity contribution in [1.29, 1.82) is 0 Å². The fourth-order valence-corrected chi connectivity index (χ4v) is 4.55. The van der Waals surface area contributed by atoms with Crippen LogP contribution in [0.5, 0.6) is 0 Å². The molecule has 1 aromatic rings. The molecule has 24 heavy (non-hydrogen) atoms. The molecule has 0 bridgehead atoms. The molecular weight excluding hydrogens is 398 g/mol. The zero-order chi connectivity index (χ0) is 17.3. The molecule has 1 saturated heterocycles. The Bertz CT molecular complexity index is 676. The van der Waals surface area contributed by atoms with Crippen LogP contribution in [0, 0.1) is 11.8 Å². The lowest BCUT2D eigenvalue weighted by atomic mass is 9.81. The second kappa shape index (κ2) is 7.14. The Labute approximate surface area is 151 Å². The first-order valence-corrected chi connectivity index (χ1v) is 9.37. The van der Waals surface area contributed by atoms with E-state index in [1.54, 1.807) is 12.1 Å². The first kappa shape index (κ1) is 17.3. The Kier molecular flexibility index (Phi) is 5.15. The van der Waals surface area contributed by atoms with Crippen molar-refractivity contribution >= 4 is 50.8 Å². The van der Waals surface area contributed by atoms with Crippen molar-refractivity contribution in [2.45, 2.75) is 25.7 Å². The quantitative estimate of drug-likeness (QED) is 0.420. The van der Waals surface area contributed by atoms with Crippen LogP contribution >= 0.6 is 27.3 Å². The number of Topliss-reactive ketones (excluding diaryl/α,β-unsaturated/α-hetero) is 1. The molecule has 2 unspecified atom stereocenters. The van der Waals surface area contributed by atoms with Crippen LogP contribution in [0.3, 0.4) is 0 Å². The maximum atomic E-state index is 12.3. The number of halogens is 1. The summed E-state index contributed by atoms with van der Waals surface area (Å²) in [5.74, 6) is -2.19. The van der Waals surface area contributed by atoms with Crippen LogP contribution in [0.1, 0.15) is 35.4 Å². The minimum absolute atomic E-state index is 0.282. The Morgan fingerprint density at radius 2 is 1.79 bits per heavy atom. The highest BCUT2D eigenvalue weighted by Gasteiger charge is 2.48. The lowest BCUT2D eigenvalue weighted by Gasteiger charge is -2.19. The van der Waals surface area contributed by atoms with Crippen molar-refractivity contribution in [3.8, 4) is 0 Å². The van der Waals surface area contributed by atoms with E-state index in [9.17, 15) is 19.2 Å². The van der Waals surface area contributed by atoms with Gasteiger partial charge in [-0.2, -0.15) is 0 Å². The third kappa shape index (κ3) is 3.44. The number of amides is 2. The highest BCUT2D eigenvalue weighted by molar-refractivity contribution is 9.11. The van der Waals surface area contributed by atoms with E-state index in [4.69, 9.17) is 4.74 Å². The Balaban J connectivity index is 1.54. The number of likely N-dealkylation sites (tertiary alicyclic amines) is 1. The first-order valence-electron chi connectivity index (χ1n) is 7.76. The second-order valence-electron chi connectivity index (χ2n) is 5.95. The van der Waals surface area contributed by atoms with Gasteiger partial charge in [0.15, 0.2) is 6.61 Å². The summed E-state index contributed by atoms with van der Waals surface area (Å²) in [6.45, 7) is -0.805. The van der Waals surface area contributed by atoms with Crippen LogP contribution in [-0.2, 0) is 19.1 Å². The van der Waals surface area contributed by atoms with Crippen molar-refractivity contribution in [3.05, 3.63) is 20.8 Å². The molecular formula is C16H16BrNO5S. The van der Waals surface area contributed by atoms with Crippen LogP contribution in [-0.4, -0.2) is 41.6 Å². The number of nitrogens with zero attached hydrogens (tertiary/aromatic N) is 1. The van der Waals surface area contributed by atoms with Crippen LogP contribution in [0.15, 0.2) is 15.9 Å². The molecule has 1 aliphatic heterocycles. The number of carbonyl (C=O) groups excluding carboxylic acids is 4. The third-order valence-corrected chi connectivity index (χ3v) is 6.10. The number of ketones is 1. The number of ether oxygens (including phenoxy) is 1. The van der Waals surface area contributed by atoms with Gasteiger partial charge in [0, 0.05) is 0 Å². The predicted octanol–water partition coefficient (Wildman–Crippen LogP) is 2.41. The van der Waals surface area contributed by atoms with Gasteiger partial charge in [-0.3, -0.25) is 24.1 Å². The van der Waals surface area contributed by atoms with Crippen molar-refractivity contribution < 1.29 is 23.9 Å². The van der Waals surface area contributed by atoms with E-state index in [1.807, 2.05) is 0 Å². The molecule has 2 heterocycles. The summed E-state index contributed by atoms with van der Waals surface area (Å²) in [5.41, 5.74) is 0. The molecule has 2 aliphatic rings. The minimum Gasteiger partial charge on any atom is -0.456 e. The van der Waals surface area contributed by atoms with Crippen molar-refractivity contribution in [2.24, 2.45) is 11.8 Å². The molecule has 6 nitrogen and oxygen atoms in total. The number of imide groups is 1. The number of hydrogen-bond donors (Lipinski definition) is 0. The minimum atomic E-state index is -0.737. The number of fused-ring (bicyclic) bond motifs is 1. The molecule has 2 atom stereocenters. The zero-order valence-electron chi connectivity index (χ0n) is 12.8. The summed E-state index contributed by atoms with van der Waals surface area (Å²) in [7, 11) is 0. The smallest absolute Gasteiger partial charge is 0.326 e. The summed E-state index contributed by atoms with van der Waals surface area (Å²) >= 11 is 4.51. The molecule has 1 saturated carbocycles. The van der Waals surface area contributed by atoms with Gasteiger partial charge in [-0.05, 0) is 40.9 Å². The van der Waals surface area contributed by atoms with Gasteiger partial charge in [0.25, 0.3) is 0 Å². The summed E-state index contributed by atoms with van der Waals surface area (Å²) in [5, 5.41) is 0. The van der Waals surface area contributed by atoms with Crippen molar-refractivity contribution in [2.75, 3.05) is 13.2 Å². The number of thiophene rings is 1. The lowest BCUT2D eigenvalue weighted by Crippen LogP contribution is -2.37. The Hall–Kier alpha value is -1.54. The normalized spacial score (nSPS) is 23.3. The van der Waals surface area contributed by atoms with Gasteiger partial charge in [-0.15, -0.1) is 11.3 Å². The monoisotopic (exact) mass is 413 g/mol. The molecule has 3 rings (SSSR count). The van der Waals surface area contributed by atoms with E-state index < -0.39 is 19.1 Å². The van der Waals surface area contributed by atoms with E-state index >= 15 is 0 Å². The fraction of sp³-hybridized carbons (Fsp3) is 0.500. The number of esters is 1. The maximum absolute atomic E-state index is 12.3. The molecule has 0 aromatic carbocycles. The van der Waals surface area contributed by atoms with E-state index in [0.717, 1.165) is 21.5 Å². The van der Waals surface area contributed by atoms with E-state index in [0.29, 0.717) is 17.7 Å². The van der Waals surface area contributed by atoms with Gasteiger partial charge < -0.3 is 4.74 Å². The third-order valence-electron chi connectivity index (χ3n) is 4.43. The second-order valence-corrected chi connectivity index (χ2v) is 8.41. The van der Waals surface area contributed by atoms with Crippen LogP contribution in [0.4, 0.5) is 0 Å². The summed E-state index contributed by atoms with van der Waals surface area (Å²) < 4.78 is 5.75. The Morgan fingerprint density at radius 1 is 1.17 bits per heavy atom. The van der Waals surface area contributed by atoms with Crippen LogP contribution in [0.2, 0.25) is 0 Å². The highest BCUT2D eigenvalue weighted by Crippen LogP contribution is 2.37. The molecule has 0 radical (unpaired) electrons. The molecule has 0 N–H and O–H groups in total. The predicted molar refractivity (Wildman–Crippen MR) is 89.5 cm³/mol. The lowest BCUT2D eigenvalue weighted by molar-refractivity contribution is -0.152. The van der Waals surface area contributed by atoms with E-state index in [-0.39, 0.29) is 29.4 Å². The molecule has 2 amide bonds. The molecule has 0 spiro atoms. The standard InChI is InChI=1S/C16H16BrNO5S/c17-13-6-5-12(24-13)11(19)8-23-14(20)7-18-15(21)9-3-1-2-4-10(9)16(18)22/h5-6,9-10H,1-4,7-8H2. The molecule has 2 fully saturated rings. The van der Waals surface area contributed by atoms with Gasteiger partial charge in [-0.25, -0.2) is 0 Å². The average molecular weight is 414 g/mol. The van der Waals surface area contributed by atoms with Gasteiger partial charge in [0.05, 0.1) is 20.5 Å². The first-order chi connectivity index (χ1) is 11.5.